The number of rotatable bonds is 5. The Morgan fingerprint density at radius 1 is 1.07 bits per heavy atom. The summed E-state index contributed by atoms with van der Waals surface area (Å²) in [5.41, 5.74) is 2.11. The van der Waals surface area contributed by atoms with E-state index in [2.05, 4.69) is 10.2 Å². The Morgan fingerprint density at radius 2 is 1.81 bits per heavy atom. The van der Waals surface area contributed by atoms with Crippen molar-refractivity contribution in [1.29, 1.82) is 0 Å². The average molecular weight is 370 g/mol. The van der Waals surface area contributed by atoms with E-state index in [1.54, 1.807) is 12.1 Å². The van der Waals surface area contributed by atoms with Crippen LogP contribution in [0.5, 0.6) is 17.2 Å². The topological polar surface area (TPSA) is 75.5 Å². The van der Waals surface area contributed by atoms with Crippen LogP contribution in [0.2, 0.25) is 0 Å². The largest absolute Gasteiger partial charge is 0.508 e. The number of quaternary nitrogens is 1. The molecule has 0 atom stereocenters. The predicted molar refractivity (Wildman–Crippen MR) is 100 cm³/mol. The summed E-state index contributed by atoms with van der Waals surface area (Å²) in [6.07, 6.45) is 0. The minimum absolute atomic E-state index is 0.0563. The van der Waals surface area contributed by atoms with Crippen molar-refractivity contribution >= 4 is 11.6 Å². The van der Waals surface area contributed by atoms with Crippen molar-refractivity contribution in [1.82, 2.24) is 5.32 Å². The molecule has 7 nitrogen and oxygen atoms in total. The maximum Gasteiger partial charge on any atom is 0.275 e. The smallest absolute Gasteiger partial charge is 0.275 e. The SMILES string of the molecule is O=C(C[NH+]1CCN(c2ccc(O)cc2)CC1)NCc1ccc2c(c1)OCO2. The van der Waals surface area contributed by atoms with E-state index in [0.29, 0.717) is 13.1 Å². The first-order valence-electron chi connectivity index (χ1n) is 9.20. The number of hydrogen-bond donors (Lipinski definition) is 3. The summed E-state index contributed by atoms with van der Waals surface area (Å²) >= 11 is 0. The summed E-state index contributed by atoms with van der Waals surface area (Å²) in [5.74, 6) is 1.82. The standard InChI is InChI=1S/C20H23N3O4/c24-17-4-2-16(3-5-17)23-9-7-22(8-10-23)13-20(25)21-12-15-1-6-18-19(11-15)27-14-26-18/h1-6,11,24H,7-10,12-14H2,(H,21,25)/p+1. The molecule has 0 aliphatic carbocycles. The van der Waals surface area contributed by atoms with Crippen molar-refractivity contribution in [2.24, 2.45) is 0 Å². The van der Waals surface area contributed by atoms with Crippen LogP contribution in [0.3, 0.4) is 0 Å². The molecule has 0 saturated carbocycles. The highest BCUT2D eigenvalue weighted by molar-refractivity contribution is 5.76. The van der Waals surface area contributed by atoms with Crippen LogP contribution in [0.1, 0.15) is 5.56 Å². The van der Waals surface area contributed by atoms with Crippen molar-refractivity contribution in [3.63, 3.8) is 0 Å². The van der Waals surface area contributed by atoms with Crippen molar-refractivity contribution in [2.45, 2.75) is 6.54 Å². The fourth-order valence-electron chi connectivity index (χ4n) is 3.46. The number of aromatic hydroxyl groups is 1. The minimum Gasteiger partial charge on any atom is -0.508 e. The molecule has 0 radical (unpaired) electrons. The summed E-state index contributed by atoms with van der Waals surface area (Å²) in [7, 11) is 0. The third-order valence-electron chi connectivity index (χ3n) is 5.02. The summed E-state index contributed by atoms with van der Waals surface area (Å²) in [5, 5.41) is 12.4. The number of phenolic OH excluding ortho intramolecular Hbond substituents is 1. The van der Waals surface area contributed by atoms with Gasteiger partial charge in [-0.1, -0.05) is 6.07 Å². The first kappa shape index (κ1) is 17.5. The third-order valence-corrected chi connectivity index (χ3v) is 5.02. The minimum atomic E-state index is 0.0563. The number of nitrogens with zero attached hydrogens (tertiary/aromatic N) is 1. The zero-order valence-corrected chi connectivity index (χ0v) is 15.1. The van der Waals surface area contributed by atoms with Gasteiger partial charge in [0.2, 0.25) is 6.79 Å². The zero-order chi connectivity index (χ0) is 18.6. The van der Waals surface area contributed by atoms with Crippen LogP contribution in [-0.4, -0.2) is 50.5 Å². The lowest BCUT2D eigenvalue weighted by molar-refractivity contribution is -0.892. The molecule has 0 aromatic heterocycles. The number of hydrogen-bond acceptors (Lipinski definition) is 5. The van der Waals surface area contributed by atoms with E-state index in [4.69, 9.17) is 9.47 Å². The molecule has 2 aromatic carbocycles. The lowest BCUT2D eigenvalue weighted by atomic mass is 10.2. The first-order valence-corrected chi connectivity index (χ1v) is 9.20. The molecule has 2 aliphatic heterocycles. The van der Waals surface area contributed by atoms with Gasteiger partial charge in [0.1, 0.15) is 5.75 Å². The monoisotopic (exact) mass is 370 g/mol. The Labute approximate surface area is 158 Å². The quantitative estimate of drug-likeness (QED) is 0.698. The maximum absolute atomic E-state index is 12.3. The van der Waals surface area contributed by atoms with E-state index in [0.717, 1.165) is 48.9 Å². The van der Waals surface area contributed by atoms with E-state index in [-0.39, 0.29) is 18.4 Å². The van der Waals surface area contributed by atoms with E-state index in [9.17, 15) is 9.90 Å². The Kier molecular flexibility index (Phi) is 5.02. The first-order chi connectivity index (χ1) is 13.2. The number of anilines is 1. The fraction of sp³-hybridized carbons (Fsp3) is 0.350. The molecule has 2 aromatic rings. The normalized spacial score (nSPS) is 16.4. The average Bonchev–Trinajstić information content (AvgIpc) is 3.15. The van der Waals surface area contributed by atoms with Gasteiger partial charge in [-0.3, -0.25) is 4.79 Å². The number of nitrogens with one attached hydrogen (secondary N) is 2. The van der Waals surface area contributed by atoms with Crippen LogP contribution in [0.25, 0.3) is 0 Å². The van der Waals surface area contributed by atoms with Gasteiger partial charge in [0.15, 0.2) is 18.0 Å². The Morgan fingerprint density at radius 3 is 2.59 bits per heavy atom. The van der Waals surface area contributed by atoms with Gasteiger partial charge < -0.3 is 29.7 Å². The van der Waals surface area contributed by atoms with Gasteiger partial charge in [0.25, 0.3) is 5.91 Å². The summed E-state index contributed by atoms with van der Waals surface area (Å²) in [4.78, 5) is 15.8. The van der Waals surface area contributed by atoms with E-state index in [1.807, 2.05) is 30.3 Å². The molecule has 0 unspecified atom stereocenters. The second-order valence-corrected chi connectivity index (χ2v) is 6.89. The third kappa shape index (κ3) is 4.25. The van der Waals surface area contributed by atoms with E-state index < -0.39 is 0 Å². The van der Waals surface area contributed by atoms with E-state index in [1.165, 1.54) is 4.90 Å². The molecule has 27 heavy (non-hydrogen) atoms. The summed E-state index contributed by atoms with van der Waals surface area (Å²) in [6.45, 7) is 4.85. The van der Waals surface area contributed by atoms with Crippen LogP contribution in [0.4, 0.5) is 5.69 Å². The van der Waals surface area contributed by atoms with Gasteiger partial charge >= 0.3 is 0 Å². The van der Waals surface area contributed by atoms with Crippen LogP contribution in [-0.2, 0) is 11.3 Å². The van der Waals surface area contributed by atoms with Crippen molar-refractivity contribution in [3.05, 3.63) is 48.0 Å². The molecule has 2 heterocycles. The van der Waals surface area contributed by atoms with Gasteiger partial charge in [-0.2, -0.15) is 0 Å². The number of fused-ring (bicyclic) bond motifs is 1. The molecule has 0 spiro atoms. The van der Waals surface area contributed by atoms with Gasteiger partial charge in [0, 0.05) is 12.2 Å². The number of ether oxygens (including phenoxy) is 2. The number of piperazine rings is 1. The highest BCUT2D eigenvalue weighted by Crippen LogP contribution is 2.32. The number of carbonyl (C=O) groups is 1. The molecular formula is C20H24N3O4+. The Hall–Kier alpha value is -2.93. The Balaban J connectivity index is 1.22. The number of benzene rings is 2. The molecular weight excluding hydrogens is 346 g/mol. The van der Waals surface area contributed by atoms with Crippen LogP contribution in [0, 0.1) is 0 Å². The van der Waals surface area contributed by atoms with Crippen molar-refractivity contribution < 1.29 is 24.3 Å². The lowest BCUT2D eigenvalue weighted by Gasteiger charge is -2.33. The predicted octanol–water partition coefficient (Wildman–Crippen LogP) is 0.142. The van der Waals surface area contributed by atoms with Gasteiger partial charge in [-0.25, -0.2) is 0 Å². The summed E-state index contributed by atoms with van der Waals surface area (Å²) < 4.78 is 10.7. The molecule has 1 saturated heterocycles. The lowest BCUT2D eigenvalue weighted by Crippen LogP contribution is -3.15. The number of carbonyl (C=O) groups excluding carboxylic acids is 1. The maximum atomic E-state index is 12.3. The van der Waals surface area contributed by atoms with Crippen molar-refractivity contribution in [2.75, 3.05) is 44.4 Å². The summed E-state index contributed by atoms with van der Waals surface area (Å²) in [6, 6.07) is 13.0. The molecule has 7 heteroatoms. The van der Waals surface area contributed by atoms with E-state index >= 15 is 0 Å². The molecule has 3 N–H and O–H groups in total. The van der Waals surface area contributed by atoms with Crippen LogP contribution >= 0.6 is 0 Å². The number of amides is 1. The molecule has 4 rings (SSSR count). The number of phenols is 1. The van der Waals surface area contributed by atoms with Crippen LogP contribution < -0.4 is 24.6 Å². The van der Waals surface area contributed by atoms with Gasteiger partial charge in [-0.05, 0) is 42.0 Å². The van der Waals surface area contributed by atoms with Gasteiger partial charge in [0.05, 0.1) is 26.2 Å². The molecule has 0 bridgehead atoms. The van der Waals surface area contributed by atoms with Crippen LogP contribution in [0.15, 0.2) is 42.5 Å². The molecule has 1 fully saturated rings. The molecule has 142 valence electrons. The fourth-order valence-corrected chi connectivity index (χ4v) is 3.46. The Bertz CT molecular complexity index is 801. The zero-order valence-electron chi connectivity index (χ0n) is 15.1. The highest BCUT2D eigenvalue weighted by atomic mass is 16.7. The molecule has 1 amide bonds. The highest BCUT2D eigenvalue weighted by Gasteiger charge is 2.22. The second-order valence-electron chi connectivity index (χ2n) is 6.89. The second kappa shape index (κ2) is 7.75. The molecule has 2 aliphatic rings. The van der Waals surface area contributed by atoms with Gasteiger partial charge in [-0.15, -0.1) is 0 Å². The van der Waals surface area contributed by atoms with Crippen molar-refractivity contribution in [3.8, 4) is 17.2 Å².